The molecule has 6 nitrogen and oxygen atoms in total. The number of para-hydroxylation sites is 1. The van der Waals surface area contributed by atoms with Crippen LogP contribution in [0.1, 0.15) is 18.4 Å². The van der Waals surface area contributed by atoms with Crippen LogP contribution < -0.4 is 15.1 Å². The lowest BCUT2D eigenvalue weighted by Crippen LogP contribution is -2.45. The number of carbonyl (C=O) groups excluding carboxylic acids is 1. The van der Waals surface area contributed by atoms with Crippen molar-refractivity contribution in [3.63, 3.8) is 0 Å². The summed E-state index contributed by atoms with van der Waals surface area (Å²) in [6.07, 6.45) is 6.52. The van der Waals surface area contributed by atoms with Gasteiger partial charge in [-0.3, -0.25) is 4.79 Å². The van der Waals surface area contributed by atoms with Gasteiger partial charge >= 0.3 is 0 Å². The molecule has 136 valence electrons. The van der Waals surface area contributed by atoms with Crippen LogP contribution in [0.25, 0.3) is 0 Å². The van der Waals surface area contributed by atoms with Gasteiger partial charge in [0.05, 0.1) is 5.92 Å². The molecular weight excluding hydrogens is 326 g/mol. The fourth-order valence-electron chi connectivity index (χ4n) is 3.92. The number of piperidine rings is 1. The first kappa shape index (κ1) is 16.8. The van der Waals surface area contributed by atoms with E-state index in [1.807, 2.05) is 6.07 Å². The standard InChI is InChI=1S/C20H25N5O/c26-19(17-6-3-12-25(15-17)20-22-9-4-10-23-20)21-11-14-24-13-8-16-5-1-2-7-18(16)24/h1-2,4-5,7,9-10,17H,3,6,8,11-15H2,(H,21,26)/t17-/m1/s1. The molecule has 0 saturated carbocycles. The molecule has 0 bridgehead atoms. The number of nitrogens with zero attached hydrogens (tertiary/aromatic N) is 4. The van der Waals surface area contributed by atoms with Crippen molar-refractivity contribution in [1.29, 1.82) is 0 Å². The molecule has 1 amide bonds. The molecule has 1 aromatic heterocycles. The van der Waals surface area contributed by atoms with Crippen molar-refractivity contribution in [3.8, 4) is 0 Å². The van der Waals surface area contributed by atoms with E-state index in [1.165, 1.54) is 11.3 Å². The molecule has 1 atom stereocenters. The molecule has 1 aromatic carbocycles. The van der Waals surface area contributed by atoms with Crippen LogP contribution in [0.3, 0.4) is 0 Å². The molecule has 0 aliphatic carbocycles. The van der Waals surface area contributed by atoms with E-state index in [4.69, 9.17) is 0 Å². The first-order valence-corrected chi connectivity index (χ1v) is 9.44. The molecule has 26 heavy (non-hydrogen) atoms. The van der Waals surface area contributed by atoms with Gasteiger partial charge in [-0.1, -0.05) is 18.2 Å². The number of fused-ring (bicyclic) bond motifs is 1. The molecule has 1 N–H and O–H groups in total. The van der Waals surface area contributed by atoms with Crippen LogP contribution >= 0.6 is 0 Å². The maximum absolute atomic E-state index is 12.6. The van der Waals surface area contributed by atoms with E-state index in [2.05, 4.69) is 49.4 Å². The third-order valence-corrected chi connectivity index (χ3v) is 5.29. The van der Waals surface area contributed by atoms with Crippen molar-refractivity contribution >= 4 is 17.5 Å². The van der Waals surface area contributed by atoms with Crippen molar-refractivity contribution in [2.75, 3.05) is 42.5 Å². The normalized spacial score (nSPS) is 19.3. The minimum atomic E-state index is 0.0124. The van der Waals surface area contributed by atoms with Gasteiger partial charge in [0, 0.05) is 50.8 Å². The van der Waals surface area contributed by atoms with Crippen LogP contribution in [0.4, 0.5) is 11.6 Å². The Balaban J connectivity index is 1.27. The summed E-state index contributed by atoms with van der Waals surface area (Å²) in [5, 5.41) is 3.13. The van der Waals surface area contributed by atoms with Crippen LogP contribution in [0.15, 0.2) is 42.7 Å². The van der Waals surface area contributed by atoms with Crippen LogP contribution in [-0.2, 0) is 11.2 Å². The van der Waals surface area contributed by atoms with E-state index in [-0.39, 0.29) is 11.8 Å². The number of amides is 1. The lowest BCUT2D eigenvalue weighted by molar-refractivity contribution is -0.125. The molecular formula is C20H25N5O. The van der Waals surface area contributed by atoms with Crippen molar-refractivity contribution in [2.24, 2.45) is 5.92 Å². The topological polar surface area (TPSA) is 61.4 Å². The first-order valence-electron chi connectivity index (χ1n) is 9.44. The molecule has 4 rings (SSSR count). The number of hydrogen-bond donors (Lipinski definition) is 1. The number of benzene rings is 1. The zero-order valence-corrected chi connectivity index (χ0v) is 15.0. The average molecular weight is 351 g/mol. The minimum absolute atomic E-state index is 0.0124. The Kier molecular flexibility index (Phi) is 5.00. The molecule has 0 spiro atoms. The molecule has 3 heterocycles. The largest absolute Gasteiger partial charge is 0.369 e. The molecule has 1 fully saturated rings. The summed E-state index contributed by atoms with van der Waals surface area (Å²) >= 11 is 0. The fourth-order valence-corrected chi connectivity index (χ4v) is 3.92. The maximum Gasteiger partial charge on any atom is 0.225 e. The SMILES string of the molecule is O=C(NCCN1CCc2ccccc21)[C@@H]1CCCN(c2ncccn2)C1. The van der Waals surface area contributed by atoms with Crippen molar-refractivity contribution < 1.29 is 4.79 Å². The Morgan fingerprint density at radius 3 is 2.88 bits per heavy atom. The van der Waals surface area contributed by atoms with Crippen molar-refractivity contribution in [1.82, 2.24) is 15.3 Å². The number of anilines is 2. The second-order valence-corrected chi connectivity index (χ2v) is 6.99. The van der Waals surface area contributed by atoms with Crippen molar-refractivity contribution in [3.05, 3.63) is 48.3 Å². The van der Waals surface area contributed by atoms with E-state index >= 15 is 0 Å². The molecule has 2 aliphatic heterocycles. The Labute approximate surface area is 154 Å². The van der Waals surface area contributed by atoms with Crippen LogP contribution in [0.2, 0.25) is 0 Å². The van der Waals surface area contributed by atoms with Gasteiger partial charge in [0.2, 0.25) is 11.9 Å². The molecule has 0 unspecified atom stereocenters. The number of nitrogens with one attached hydrogen (secondary N) is 1. The highest BCUT2D eigenvalue weighted by atomic mass is 16.1. The Bertz CT molecular complexity index is 751. The van der Waals surface area contributed by atoms with E-state index in [1.54, 1.807) is 12.4 Å². The number of rotatable bonds is 5. The summed E-state index contributed by atoms with van der Waals surface area (Å²) in [6, 6.07) is 10.3. The van der Waals surface area contributed by atoms with Gasteiger partial charge in [0.15, 0.2) is 0 Å². The van der Waals surface area contributed by atoms with Gasteiger partial charge in [-0.2, -0.15) is 0 Å². The summed E-state index contributed by atoms with van der Waals surface area (Å²) in [7, 11) is 0. The highest BCUT2D eigenvalue weighted by Gasteiger charge is 2.27. The highest BCUT2D eigenvalue weighted by molar-refractivity contribution is 5.79. The van der Waals surface area contributed by atoms with E-state index in [9.17, 15) is 4.79 Å². The Morgan fingerprint density at radius 2 is 2.00 bits per heavy atom. The van der Waals surface area contributed by atoms with Gasteiger partial charge in [-0.05, 0) is 37.0 Å². The Hall–Kier alpha value is -2.63. The van der Waals surface area contributed by atoms with E-state index < -0.39 is 0 Å². The lowest BCUT2D eigenvalue weighted by atomic mass is 9.97. The Morgan fingerprint density at radius 1 is 1.15 bits per heavy atom. The van der Waals surface area contributed by atoms with E-state index in [0.29, 0.717) is 13.1 Å². The molecule has 6 heteroatoms. The van der Waals surface area contributed by atoms with Gasteiger partial charge < -0.3 is 15.1 Å². The number of carbonyl (C=O) groups is 1. The molecule has 0 radical (unpaired) electrons. The zero-order valence-electron chi connectivity index (χ0n) is 15.0. The minimum Gasteiger partial charge on any atom is -0.369 e. The highest BCUT2D eigenvalue weighted by Crippen LogP contribution is 2.26. The molecule has 1 saturated heterocycles. The monoisotopic (exact) mass is 351 g/mol. The molecule has 2 aromatic rings. The van der Waals surface area contributed by atoms with Crippen LogP contribution in [0.5, 0.6) is 0 Å². The summed E-state index contributed by atoms with van der Waals surface area (Å²) < 4.78 is 0. The van der Waals surface area contributed by atoms with Gasteiger partial charge in [0.25, 0.3) is 0 Å². The number of hydrogen-bond acceptors (Lipinski definition) is 5. The summed E-state index contributed by atoms with van der Waals surface area (Å²) in [5.41, 5.74) is 2.72. The first-order chi connectivity index (χ1) is 12.8. The molecule has 2 aliphatic rings. The van der Waals surface area contributed by atoms with E-state index in [0.717, 1.165) is 44.8 Å². The predicted octanol–water partition coefficient (Wildman–Crippen LogP) is 1.87. The lowest BCUT2D eigenvalue weighted by Gasteiger charge is -2.32. The second kappa shape index (κ2) is 7.72. The van der Waals surface area contributed by atoms with Crippen molar-refractivity contribution in [2.45, 2.75) is 19.3 Å². The van der Waals surface area contributed by atoms with Crippen LogP contribution in [0, 0.1) is 5.92 Å². The smallest absolute Gasteiger partial charge is 0.225 e. The van der Waals surface area contributed by atoms with Gasteiger partial charge in [-0.15, -0.1) is 0 Å². The quantitative estimate of drug-likeness (QED) is 0.891. The average Bonchev–Trinajstić information content (AvgIpc) is 3.12. The fraction of sp³-hybridized carbons (Fsp3) is 0.450. The maximum atomic E-state index is 12.6. The predicted molar refractivity (Wildman–Crippen MR) is 102 cm³/mol. The van der Waals surface area contributed by atoms with Gasteiger partial charge in [-0.25, -0.2) is 9.97 Å². The second-order valence-electron chi connectivity index (χ2n) is 6.99. The third kappa shape index (κ3) is 3.64. The van der Waals surface area contributed by atoms with Crippen LogP contribution in [-0.4, -0.2) is 48.6 Å². The summed E-state index contributed by atoms with van der Waals surface area (Å²) in [4.78, 5) is 25.7. The summed E-state index contributed by atoms with van der Waals surface area (Å²) in [6.45, 7) is 4.20. The number of aromatic nitrogens is 2. The third-order valence-electron chi connectivity index (χ3n) is 5.29. The summed E-state index contributed by atoms with van der Waals surface area (Å²) in [5.74, 6) is 0.884. The van der Waals surface area contributed by atoms with Gasteiger partial charge in [0.1, 0.15) is 0 Å². The zero-order chi connectivity index (χ0) is 17.8.